The molecule has 3 nitrogen and oxygen atoms in total. The highest BCUT2D eigenvalue weighted by atomic mass is 15.0. The van der Waals surface area contributed by atoms with Crippen LogP contribution in [0.3, 0.4) is 0 Å². The molecule has 0 spiro atoms. The molecule has 1 aromatic heterocycles. The van der Waals surface area contributed by atoms with Crippen molar-refractivity contribution < 1.29 is 0 Å². The SMILES string of the molecule is c1ccc(-c2ccc(-c3ccccc3)c(-c3ccc(-c4nc(-c5ccccc5)nc(-c5ccccc5)n4)cc3-c3ccccc3)c2)cc1. The minimum Gasteiger partial charge on any atom is -0.208 e. The van der Waals surface area contributed by atoms with Gasteiger partial charge >= 0.3 is 0 Å². The lowest BCUT2D eigenvalue weighted by Crippen LogP contribution is -2.00. The van der Waals surface area contributed by atoms with E-state index < -0.39 is 0 Å². The number of hydrogen-bond donors (Lipinski definition) is 0. The molecule has 0 bridgehead atoms. The zero-order valence-electron chi connectivity index (χ0n) is 26.2. The van der Waals surface area contributed by atoms with Crippen LogP contribution >= 0.6 is 0 Å². The van der Waals surface area contributed by atoms with Gasteiger partial charge in [-0.15, -0.1) is 0 Å². The molecule has 0 atom stereocenters. The highest BCUT2D eigenvalue weighted by Crippen LogP contribution is 2.42. The zero-order chi connectivity index (χ0) is 32.1. The van der Waals surface area contributed by atoms with Crippen LogP contribution in [0.4, 0.5) is 0 Å². The zero-order valence-corrected chi connectivity index (χ0v) is 26.2. The molecule has 8 aromatic rings. The molecule has 7 aromatic carbocycles. The van der Waals surface area contributed by atoms with Crippen LogP contribution in [0.5, 0.6) is 0 Å². The summed E-state index contributed by atoms with van der Waals surface area (Å²) in [5.41, 5.74) is 12.1. The maximum atomic E-state index is 5.03. The summed E-state index contributed by atoms with van der Waals surface area (Å²) in [6.07, 6.45) is 0. The van der Waals surface area contributed by atoms with Gasteiger partial charge in [-0.1, -0.05) is 176 Å². The average Bonchev–Trinajstić information content (AvgIpc) is 3.19. The molecule has 8 rings (SSSR count). The van der Waals surface area contributed by atoms with E-state index >= 15 is 0 Å². The molecule has 0 unspecified atom stereocenters. The first-order chi connectivity index (χ1) is 23.8. The summed E-state index contributed by atoms with van der Waals surface area (Å²) in [5, 5.41) is 0. The van der Waals surface area contributed by atoms with Crippen molar-refractivity contribution in [1.82, 2.24) is 15.0 Å². The van der Waals surface area contributed by atoms with Crippen molar-refractivity contribution in [3.8, 4) is 78.7 Å². The standard InChI is InChI=1S/C45H31N3/c1-6-16-32(17-7-1)37-26-28-39(33-18-8-2-9-19-33)42(30-37)40-29-27-38(31-41(40)34-20-10-3-11-21-34)45-47-43(35-22-12-4-13-23-35)46-44(48-45)36-24-14-5-15-25-36/h1-31H. The molecule has 48 heavy (non-hydrogen) atoms. The molecule has 226 valence electrons. The van der Waals surface area contributed by atoms with E-state index in [1.807, 2.05) is 60.7 Å². The van der Waals surface area contributed by atoms with E-state index in [2.05, 4.69) is 127 Å². The fraction of sp³-hybridized carbons (Fsp3) is 0. The minimum absolute atomic E-state index is 0.632. The predicted octanol–water partition coefficient (Wildman–Crippen LogP) is 11.5. The third kappa shape index (κ3) is 5.93. The lowest BCUT2D eigenvalue weighted by molar-refractivity contribution is 1.07. The molecule has 0 N–H and O–H groups in total. The Balaban J connectivity index is 1.35. The van der Waals surface area contributed by atoms with Gasteiger partial charge in [-0.25, -0.2) is 15.0 Å². The second-order valence-corrected chi connectivity index (χ2v) is 11.7. The molecule has 0 aliphatic heterocycles. The number of benzene rings is 7. The van der Waals surface area contributed by atoms with Gasteiger partial charge in [-0.05, 0) is 56.6 Å². The van der Waals surface area contributed by atoms with Crippen LogP contribution in [0.2, 0.25) is 0 Å². The topological polar surface area (TPSA) is 38.7 Å². The van der Waals surface area contributed by atoms with Crippen LogP contribution in [0.1, 0.15) is 0 Å². The minimum atomic E-state index is 0.632. The Morgan fingerprint density at radius 3 is 1.06 bits per heavy atom. The van der Waals surface area contributed by atoms with Crippen molar-refractivity contribution in [2.45, 2.75) is 0 Å². The largest absolute Gasteiger partial charge is 0.208 e. The van der Waals surface area contributed by atoms with Crippen LogP contribution in [-0.4, -0.2) is 15.0 Å². The smallest absolute Gasteiger partial charge is 0.164 e. The third-order valence-corrected chi connectivity index (χ3v) is 8.56. The summed E-state index contributed by atoms with van der Waals surface area (Å²) < 4.78 is 0. The first-order valence-corrected chi connectivity index (χ1v) is 16.1. The van der Waals surface area contributed by atoms with E-state index in [1.165, 1.54) is 27.8 Å². The quantitative estimate of drug-likeness (QED) is 0.179. The molecule has 0 amide bonds. The highest BCUT2D eigenvalue weighted by molar-refractivity contribution is 5.95. The summed E-state index contributed by atoms with van der Waals surface area (Å²) in [6, 6.07) is 65.4. The van der Waals surface area contributed by atoms with Crippen LogP contribution < -0.4 is 0 Å². The van der Waals surface area contributed by atoms with Gasteiger partial charge in [-0.3, -0.25) is 0 Å². The predicted molar refractivity (Wildman–Crippen MR) is 198 cm³/mol. The molecule has 0 aliphatic rings. The van der Waals surface area contributed by atoms with Crippen molar-refractivity contribution in [3.05, 3.63) is 188 Å². The molecular formula is C45H31N3. The maximum Gasteiger partial charge on any atom is 0.164 e. The van der Waals surface area contributed by atoms with Gasteiger partial charge in [0.05, 0.1) is 0 Å². The van der Waals surface area contributed by atoms with E-state index in [0.29, 0.717) is 17.5 Å². The normalized spacial score (nSPS) is 10.9. The number of aromatic nitrogens is 3. The van der Waals surface area contributed by atoms with E-state index in [9.17, 15) is 0 Å². The van der Waals surface area contributed by atoms with Crippen LogP contribution in [0.25, 0.3) is 78.7 Å². The molecule has 0 radical (unpaired) electrons. The van der Waals surface area contributed by atoms with E-state index in [-0.39, 0.29) is 0 Å². The van der Waals surface area contributed by atoms with Crippen molar-refractivity contribution in [2.75, 3.05) is 0 Å². The second kappa shape index (κ2) is 13.1. The Kier molecular flexibility index (Phi) is 7.92. The van der Waals surface area contributed by atoms with E-state index in [1.54, 1.807) is 0 Å². The van der Waals surface area contributed by atoms with Crippen molar-refractivity contribution >= 4 is 0 Å². The average molecular weight is 614 g/mol. The maximum absolute atomic E-state index is 5.03. The van der Waals surface area contributed by atoms with Crippen molar-refractivity contribution in [1.29, 1.82) is 0 Å². The molecule has 3 heteroatoms. The Hall–Kier alpha value is -6.45. The van der Waals surface area contributed by atoms with Crippen LogP contribution in [0.15, 0.2) is 188 Å². The number of rotatable bonds is 7. The number of nitrogens with zero attached hydrogens (tertiary/aromatic N) is 3. The van der Waals surface area contributed by atoms with E-state index in [0.717, 1.165) is 33.4 Å². The van der Waals surface area contributed by atoms with Gasteiger partial charge in [0.1, 0.15) is 0 Å². The summed E-state index contributed by atoms with van der Waals surface area (Å²) >= 11 is 0. The molecular weight excluding hydrogens is 583 g/mol. The van der Waals surface area contributed by atoms with Gasteiger partial charge in [0.15, 0.2) is 17.5 Å². The van der Waals surface area contributed by atoms with Crippen LogP contribution in [-0.2, 0) is 0 Å². The van der Waals surface area contributed by atoms with Gasteiger partial charge in [-0.2, -0.15) is 0 Å². The van der Waals surface area contributed by atoms with Gasteiger partial charge in [0, 0.05) is 16.7 Å². The summed E-state index contributed by atoms with van der Waals surface area (Å²) in [6.45, 7) is 0. The molecule has 1 heterocycles. The van der Waals surface area contributed by atoms with Crippen molar-refractivity contribution in [2.24, 2.45) is 0 Å². The van der Waals surface area contributed by atoms with Crippen molar-refractivity contribution in [3.63, 3.8) is 0 Å². The Morgan fingerprint density at radius 2 is 0.562 bits per heavy atom. The van der Waals surface area contributed by atoms with Gasteiger partial charge in [0.25, 0.3) is 0 Å². The Morgan fingerprint density at radius 1 is 0.208 bits per heavy atom. The Labute approximate surface area is 280 Å². The molecule has 0 fully saturated rings. The lowest BCUT2D eigenvalue weighted by atomic mass is 9.86. The molecule has 0 saturated carbocycles. The first kappa shape index (κ1) is 29.0. The Bertz CT molecular complexity index is 2250. The summed E-state index contributed by atoms with van der Waals surface area (Å²) in [7, 11) is 0. The first-order valence-electron chi connectivity index (χ1n) is 16.1. The van der Waals surface area contributed by atoms with Gasteiger partial charge < -0.3 is 0 Å². The highest BCUT2D eigenvalue weighted by Gasteiger charge is 2.18. The monoisotopic (exact) mass is 613 g/mol. The fourth-order valence-electron chi connectivity index (χ4n) is 6.16. The molecule has 0 aliphatic carbocycles. The second-order valence-electron chi connectivity index (χ2n) is 11.7. The molecule has 0 saturated heterocycles. The lowest BCUT2D eigenvalue weighted by Gasteiger charge is -2.18. The fourth-order valence-corrected chi connectivity index (χ4v) is 6.16. The van der Waals surface area contributed by atoms with Crippen LogP contribution in [0, 0.1) is 0 Å². The number of hydrogen-bond acceptors (Lipinski definition) is 3. The summed E-state index contributed by atoms with van der Waals surface area (Å²) in [5.74, 6) is 1.92. The van der Waals surface area contributed by atoms with E-state index in [4.69, 9.17) is 15.0 Å². The summed E-state index contributed by atoms with van der Waals surface area (Å²) in [4.78, 5) is 15.0. The van der Waals surface area contributed by atoms with Gasteiger partial charge in [0.2, 0.25) is 0 Å². The third-order valence-electron chi connectivity index (χ3n) is 8.56.